The lowest BCUT2D eigenvalue weighted by molar-refractivity contribution is 0.0971. The zero-order chi connectivity index (χ0) is 9.68. The molecule has 0 saturated heterocycles. The summed E-state index contributed by atoms with van der Waals surface area (Å²) in [6, 6.07) is 0. The Bertz CT molecular complexity index is 129. The molecule has 1 saturated carbocycles. The van der Waals surface area contributed by atoms with Crippen LogP contribution in [0, 0.1) is 17.8 Å². The molecule has 1 nitrogen and oxygen atoms in total. The van der Waals surface area contributed by atoms with E-state index in [1.807, 2.05) is 0 Å². The van der Waals surface area contributed by atoms with Crippen LogP contribution in [0.4, 0.5) is 0 Å². The monoisotopic (exact) mass is 183 g/mol. The Balaban J connectivity index is 2.26. The molecule has 0 aromatic heterocycles. The molecule has 1 N–H and O–H groups in total. The lowest BCUT2D eigenvalue weighted by atomic mass is 9.65. The minimum absolute atomic E-state index is 0.991. The van der Waals surface area contributed by atoms with Gasteiger partial charge in [-0.15, -0.1) is 0 Å². The predicted octanol–water partition coefficient (Wildman–Crippen LogP) is 3.06. The molecule has 0 spiro atoms. The summed E-state index contributed by atoms with van der Waals surface area (Å²) in [5.41, 5.74) is 0. The number of hydrogen-bond donors (Lipinski definition) is 1. The fourth-order valence-electron chi connectivity index (χ4n) is 2.69. The first-order valence-electron chi connectivity index (χ1n) is 6.04. The molecule has 1 heteroatoms. The minimum atomic E-state index is 0.991. The molecule has 1 aliphatic carbocycles. The van der Waals surface area contributed by atoms with Crippen molar-refractivity contribution in [2.75, 3.05) is 13.1 Å². The van der Waals surface area contributed by atoms with E-state index in [-0.39, 0.29) is 0 Å². The lowest BCUT2D eigenvalue weighted by Crippen LogP contribution is -2.39. The van der Waals surface area contributed by atoms with Crippen LogP contribution in [0.2, 0.25) is 0 Å². The third kappa shape index (κ3) is 2.70. The highest BCUT2D eigenvalue weighted by molar-refractivity contribution is 4.86. The molecule has 0 heterocycles. The molecule has 13 heavy (non-hydrogen) atoms. The molecule has 0 amide bonds. The summed E-state index contributed by atoms with van der Waals surface area (Å²) in [7, 11) is 0. The van der Waals surface area contributed by atoms with Crippen LogP contribution in [0.15, 0.2) is 0 Å². The summed E-state index contributed by atoms with van der Waals surface area (Å²) < 4.78 is 0. The molecular formula is C12H25N. The van der Waals surface area contributed by atoms with E-state index in [9.17, 15) is 0 Å². The van der Waals surface area contributed by atoms with Gasteiger partial charge >= 0.3 is 0 Å². The summed E-state index contributed by atoms with van der Waals surface area (Å²) in [5, 5.41) is 3.48. The van der Waals surface area contributed by atoms with E-state index < -0.39 is 0 Å². The van der Waals surface area contributed by atoms with Crippen molar-refractivity contribution in [2.45, 2.75) is 46.5 Å². The Labute approximate surface area is 83.3 Å². The van der Waals surface area contributed by atoms with Gasteiger partial charge in [-0.25, -0.2) is 0 Å². The van der Waals surface area contributed by atoms with Crippen molar-refractivity contribution >= 4 is 0 Å². The second-order valence-corrected chi connectivity index (χ2v) is 4.39. The molecule has 1 fully saturated rings. The third-order valence-corrected chi connectivity index (χ3v) is 3.79. The normalized spacial score (nSPS) is 27.7. The zero-order valence-electron chi connectivity index (χ0n) is 9.47. The Kier molecular flexibility index (Phi) is 4.79. The first-order valence-corrected chi connectivity index (χ1v) is 6.04. The summed E-state index contributed by atoms with van der Waals surface area (Å²) in [6.07, 6.45) is 5.71. The molecule has 2 atom stereocenters. The van der Waals surface area contributed by atoms with Gasteiger partial charge in [0.1, 0.15) is 0 Å². The first kappa shape index (κ1) is 11.0. The molecule has 0 radical (unpaired) electrons. The number of hydrogen-bond acceptors (Lipinski definition) is 1. The van der Waals surface area contributed by atoms with Crippen LogP contribution in [0.25, 0.3) is 0 Å². The summed E-state index contributed by atoms with van der Waals surface area (Å²) in [4.78, 5) is 0. The topological polar surface area (TPSA) is 12.0 Å². The van der Waals surface area contributed by atoms with E-state index in [1.54, 1.807) is 0 Å². The second kappa shape index (κ2) is 5.64. The quantitative estimate of drug-likeness (QED) is 0.667. The van der Waals surface area contributed by atoms with E-state index in [0.29, 0.717) is 0 Å². The molecule has 0 bridgehead atoms. The zero-order valence-corrected chi connectivity index (χ0v) is 9.47. The maximum absolute atomic E-state index is 3.48. The van der Waals surface area contributed by atoms with Gasteiger partial charge in [-0.2, -0.15) is 0 Å². The highest BCUT2D eigenvalue weighted by atomic mass is 14.9. The fourth-order valence-corrected chi connectivity index (χ4v) is 2.69. The van der Waals surface area contributed by atoms with Crippen LogP contribution >= 0.6 is 0 Å². The molecule has 0 aromatic carbocycles. The molecule has 0 aliphatic heterocycles. The van der Waals surface area contributed by atoms with Crippen molar-refractivity contribution in [1.82, 2.24) is 5.32 Å². The van der Waals surface area contributed by atoms with Crippen LogP contribution in [0.3, 0.4) is 0 Å². The predicted molar refractivity (Wildman–Crippen MR) is 58.8 cm³/mol. The standard InChI is InChI=1S/C12H25N/c1-4-10(5-2)12-8-7-11(12)9-13-6-3/h10-13H,4-9H2,1-3H3. The van der Waals surface area contributed by atoms with Crippen molar-refractivity contribution in [1.29, 1.82) is 0 Å². The van der Waals surface area contributed by atoms with Crippen LogP contribution in [0.5, 0.6) is 0 Å². The van der Waals surface area contributed by atoms with Crippen molar-refractivity contribution in [2.24, 2.45) is 17.8 Å². The van der Waals surface area contributed by atoms with E-state index in [1.165, 1.54) is 32.2 Å². The SMILES string of the molecule is CCNCC1CCC1C(CC)CC. The van der Waals surface area contributed by atoms with Gasteiger partial charge in [-0.3, -0.25) is 0 Å². The van der Waals surface area contributed by atoms with Crippen LogP contribution in [-0.2, 0) is 0 Å². The third-order valence-electron chi connectivity index (χ3n) is 3.79. The van der Waals surface area contributed by atoms with Crippen molar-refractivity contribution in [3.63, 3.8) is 0 Å². The van der Waals surface area contributed by atoms with Gasteiger partial charge < -0.3 is 5.32 Å². The Morgan fingerprint density at radius 1 is 1.15 bits per heavy atom. The van der Waals surface area contributed by atoms with Crippen LogP contribution < -0.4 is 5.32 Å². The van der Waals surface area contributed by atoms with E-state index in [0.717, 1.165) is 24.3 Å². The number of rotatable bonds is 6. The largest absolute Gasteiger partial charge is 0.317 e. The van der Waals surface area contributed by atoms with Crippen molar-refractivity contribution < 1.29 is 0 Å². The number of nitrogens with one attached hydrogen (secondary N) is 1. The molecular weight excluding hydrogens is 158 g/mol. The average Bonchev–Trinajstić information content (AvgIpc) is 2.12. The van der Waals surface area contributed by atoms with Crippen molar-refractivity contribution in [3.05, 3.63) is 0 Å². The lowest BCUT2D eigenvalue weighted by Gasteiger charge is -2.42. The van der Waals surface area contributed by atoms with Gasteiger partial charge in [0.25, 0.3) is 0 Å². The molecule has 1 aliphatic rings. The highest BCUT2D eigenvalue weighted by Crippen LogP contribution is 2.41. The van der Waals surface area contributed by atoms with Crippen LogP contribution in [-0.4, -0.2) is 13.1 Å². The van der Waals surface area contributed by atoms with Crippen molar-refractivity contribution in [3.8, 4) is 0 Å². The Morgan fingerprint density at radius 3 is 2.23 bits per heavy atom. The van der Waals surface area contributed by atoms with Gasteiger partial charge in [0.2, 0.25) is 0 Å². The first-order chi connectivity index (χ1) is 6.33. The van der Waals surface area contributed by atoms with Gasteiger partial charge in [0.15, 0.2) is 0 Å². The Hall–Kier alpha value is -0.0400. The van der Waals surface area contributed by atoms with E-state index >= 15 is 0 Å². The molecule has 78 valence electrons. The van der Waals surface area contributed by atoms with E-state index in [4.69, 9.17) is 0 Å². The maximum Gasteiger partial charge on any atom is -0.00179 e. The fraction of sp³-hybridized carbons (Fsp3) is 1.00. The highest BCUT2D eigenvalue weighted by Gasteiger charge is 2.34. The second-order valence-electron chi connectivity index (χ2n) is 4.39. The summed E-state index contributed by atoms with van der Waals surface area (Å²) in [5.74, 6) is 3.02. The van der Waals surface area contributed by atoms with Gasteiger partial charge in [0, 0.05) is 0 Å². The summed E-state index contributed by atoms with van der Waals surface area (Å²) in [6.45, 7) is 9.28. The van der Waals surface area contributed by atoms with E-state index in [2.05, 4.69) is 26.1 Å². The Morgan fingerprint density at radius 2 is 1.85 bits per heavy atom. The molecule has 0 aromatic rings. The maximum atomic E-state index is 3.48. The minimum Gasteiger partial charge on any atom is -0.317 e. The molecule has 1 rings (SSSR count). The van der Waals surface area contributed by atoms with Crippen LogP contribution in [0.1, 0.15) is 46.5 Å². The smallest absolute Gasteiger partial charge is 0.00179 e. The molecule has 2 unspecified atom stereocenters. The van der Waals surface area contributed by atoms with Gasteiger partial charge in [0.05, 0.1) is 0 Å². The summed E-state index contributed by atoms with van der Waals surface area (Å²) >= 11 is 0. The van der Waals surface area contributed by atoms with Gasteiger partial charge in [-0.05, 0) is 43.7 Å². The van der Waals surface area contributed by atoms with Gasteiger partial charge in [-0.1, -0.05) is 33.6 Å². The average molecular weight is 183 g/mol.